The van der Waals surface area contributed by atoms with E-state index in [9.17, 15) is 0 Å². The van der Waals surface area contributed by atoms with E-state index in [1.54, 1.807) is 0 Å². The van der Waals surface area contributed by atoms with E-state index in [4.69, 9.17) is 0 Å². The number of hydrogen-bond donors (Lipinski definition) is 0. The minimum atomic E-state index is -0.483. The molecule has 2 nitrogen and oxygen atoms in total. The first kappa shape index (κ1) is 23.6. The van der Waals surface area contributed by atoms with Crippen molar-refractivity contribution in [1.82, 2.24) is 9.97 Å². The van der Waals surface area contributed by atoms with Crippen LogP contribution in [0.25, 0.3) is 0 Å². The topological polar surface area (TPSA) is 25.8 Å². The van der Waals surface area contributed by atoms with Gasteiger partial charge in [0.2, 0.25) is 0 Å². The van der Waals surface area contributed by atoms with Crippen LogP contribution in [0.2, 0.25) is 0 Å². The molecule has 1 unspecified atom stereocenters. The lowest BCUT2D eigenvalue weighted by Gasteiger charge is -2.37. The van der Waals surface area contributed by atoms with Crippen LogP contribution < -0.4 is 0 Å². The van der Waals surface area contributed by atoms with Crippen molar-refractivity contribution in [2.75, 3.05) is 0 Å². The van der Waals surface area contributed by atoms with Crippen molar-refractivity contribution in [1.29, 1.82) is 0 Å². The van der Waals surface area contributed by atoms with E-state index in [2.05, 4.69) is 149 Å². The monoisotopic (exact) mass is 488 g/mol. The highest BCUT2D eigenvalue weighted by atomic mass is 14.6. The number of aromatic nitrogens is 2. The molecule has 0 spiro atoms. The van der Waals surface area contributed by atoms with Crippen LogP contribution in [0.5, 0.6) is 0 Å². The Balaban J connectivity index is 1.56. The first-order chi connectivity index (χ1) is 18.9. The van der Waals surface area contributed by atoms with Gasteiger partial charge in [0.1, 0.15) is 0 Å². The maximum Gasteiger partial charge on any atom is 0.0702 e. The van der Waals surface area contributed by atoms with E-state index in [1.807, 2.05) is 24.8 Å². The maximum atomic E-state index is 4.34. The summed E-state index contributed by atoms with van der Waals surface area (Å²) in [6.07, 6.45) is 7.52. The van der Waals surface area contributed by atoms with Gasteiger partial charge in [-0.15, -0.1) is 0 Å². The predicted molar refractivity (Wildman–Crippen MR) is 154 cm³/mol. The normalized spacial score (nSPS) is 12.1. The molecular formula is C36H28N2. The van der Waals surface area contributed by atoms with Gasteiger partial charge in [-0.25, -0.2) is 0 Å². The molecule has 38 heavy (non-hydrogen) atoms. The van der Waals surface area contributed by atoms with Gasteiger partial charge in [0.25, 0.3) is 0 Å². The van der Waals surface area contributed by atoms with Crippen molar-refractivity contribution in [2.45, 2.75) is 11.3 Å². The number of hydrogen-bond acceptors (Lipinski definition) is 2. The van der Waals surface area contributed by atoms with Crippen molar-refractivity contribution in [3.8, 4) is 0 Å². The van der Waals surface area contributed by atoms with E-state index < -0.39 is 5.41 Å². The molecule has 0 saturated heterocycles. The third-order valence-electron chi connectivity index (χ3n) is 7.38. The third-order valence-corrected chi connectivity index (χ3v) is 7.38. The van der Waals surface area contributed by atoms with Gasteiger partial charge >= 0.3 is 0 Å². The highest BCUT2D eigenvalue weighted by Gasteiger charge is 2.38. The summed E-state index contributed by atoms with van der Waals surface area (Å²) in [4.78, 5) is 8.60. The molecular weight excluding hydrogens is 460 g/mol. The first-order valence-corrected chi connectivity index (χ1v) is 12.9. The van der Waals surface area contributed by atoms with Crippen LogP contribution in [-0.2, 0) is 5.41 Å². The van der Waals surface area contributed by atoms with E-state index >= 15 is 0 Å². The molecule has 2 heterocycles. The molecule has 4 aromatic carbocycles. The quantitative estimate of drug-likeness (QED) is 0.213. The highest BCUT2D eigenvalue weighted by Crippen LogP contribution is 2.45. The minimum Gasteiger partial charge on any atom is -0.265 e. The maximum absolute atomic E-state index is 4.34. The molecule has 0 fully saturated rings. The van der Waals surface area contributed by atoms with E-state index in [-0.39, 0.29) is 5.92 Å². The summed E-state index contributed by atoms with van der Waals surface area (Å²) in [5.74, 6) is 0.122. The lowest BCUT2D eigenvalue weighted by molar-refractivity contribution is 0.742. The number of nitrogens with zero attached hydrogens (tertiary/aromatic N) is 2. The van der Waals surface area contributed by atoms with Crippen LogP contribution in [0.4, 0.5) is 0 Å². The first-order valence-electron chi connectivity index (χ1n) is 12.9. The van der Waals surface area contributed by atoms with Crippen LogP contribution >= 0.6 is 0 Å². The standard InChI is InChI=1S/C36H28N2/c1-4-10-28(11-5-1)35(30-20-24-37-25-21-30)29-16-18-33(19-17-29)36(31-12-6-2-7-13-31,32-14-8-3-9-15-32)34-22-26-38-27-23-34/h1-27,35H. The Hall–Kier alpha value is -4.82. The van der Waals surface area contributed by atoms with Crippen molar-refractivity contribution >= 4 is 0 Å². The molecule has 0 aliphatic rings. The molecule has 1 atom stereocenters. The average Bonchev–Trinajstić information content (AvgIpc) is 3.01. The zero-order valence-electron chi connectivity index (χ0n) is 21.1. The molecule has 0 bridgehead atoms. The Morgan fingerprint density at radius 1 is 0.342 bits per heavy atom. The Kier molecular flexibility index (Phi) is 6.61. The molecule has 0 aliphatic carbocycles. The van der Waals surface area contributed by atoms with Gasteiger partial charge in [0.05, 0.1) is 5.41 Å². The average molecular weight is 489 g/mol. The van der Waals surface area contributed by atoms with Crippen molar-refractivity contribution in [2.24, 2.45) is 0 Å². The number of rotatable bonds is 7. The minimum absolute atomic E-state index is 0.122. The Morgan fingerprint density at radius 3 is 1.24 bits per heavy atom. The van der Waals surface area contributed by atoms with Crippen LogP contribution in [0, 0.1) is 0 Å². The Bertz CT molecular complexity index is 1430. The van der Waals surface area contributed by atoms with E-state index in [0.717, 1.165) is 0 Å². The highest BCUT2D eigenvalue weighted by molar-refractivity contribution is 5.60. The summed E-state index contributed by atoms with van der Waals surface area (Å²) in [5.41, 5.74) is 8.10. The molecule has 6 aromatic rings. The van der Waals surface area contributed by atoms with Gasteiger partial charge in [0, 0.05) is 30.7 Å². The van der Waals surface area contributed by atoms with E-state index in [1.165, 1.54) is 38.9 Å². The molecule has 0 N–H and O–H groups in total. The second-order valence-corrected chi connectivity index (χ2v) is 9.46. The summed E-state index contributed by atoms with van der Waals surface area (Å²) in [6.45, 7) is 0. The zero-order valence-corrected chi connectivity index (χ0v) is 21.1. The summed E-state index contributed by atoms with van der Waals surface area (Å²) in [7, 11) is 0. The zero-order chi connectivity index (χ0) is 25.6. The largest absolute Gasteiger partial charge is 0.265 e. The predicted octanol–water partition coefficient (Wildman–Crippen LogP) is 8.04. The summed E-state index contributed by atoms with van der Waals surface area (Å²) < 4.78 is 0. The van der Waals surface area contributed by atoms with Gasteiger partial charge in [-0.3, -0.25) is 9.97 Å². The lowest BCUT2D eigenvalue weighted by atomic mass is 9.65. The third kappa shape index (κ3) is 4.31. The van der Waals surface area contributed by atoms with Crippen molar-refractivity contribution in [3.63, 3.8) is 0 Å². The van der Waals surface area contributed by atoms with Crippen molar-refractivity contribution < 1.29 is 0 Å². The van der Waals surface area contributed by atoms with Crippen molar-refractivity contribution in [3.05, 3.63) is 203 Å². The molecule has 0 saturated carbocycles. The van der Waals surface area contributed by atoms with Crippen LogP contribution in [0.3, 0.4) is 0 Å². The summed E-state index contributed by atoms with van der Waals surface area (Å²) in [6, 6.07) is 49.9. The fourth-order valence-corrected chi connectivity index (χ4v) is 5.68. The van der Waals surface area contributed by atoms with Gasteiger partial charge in [0.15, 0.2) is 0 Å². The molecule has 6 rings (SSSR count). The lowest BCUT2D eigenvalue weighted by Crippen LogP contribution is -2.31. The SMILES string of the molecule is c1ccc(C(c2ccncc2)c2ccc(C(c3ccccc3)(c3ccccc3)c3ccncc3)cc2)cc1. The number of benzene rings is 4. The molecule has 0 amide bonds. The van der Waals surface area contributed by atoms with Gasteiger partial charge in [-0.1, -0.05) is 115 Å². The van der Waals surface area contributed by atoms with Crippen LogP contribution in [0.15, 0.2) is 164 Å². The Labute approximate surface area is 224 Å². The van der Waals surface area contributed by atoms with Gasteiger partial charge in [-0.05, 0) is 63.2 Å². The Morgan fingerprint density at radius 2 is 0.711 bits per heavy atom. The smallest absolute Gasteiger partial charge is 0.0702 e. The second kappa shape index (κ2) is 10.7. The summed E-state index contributed by atoms with van der Waals surface area (Å²) >= 11 is 0. The fraction of sp³-hybridized carbons (Fsp3) is 0.0556. The molecule has 2 heteroatoms. The molecule has 182 valence electrons. The van der Waals surface area contributed by atoms with Crippen LogP contribution in [0.1, 0.15) is 44.9 Å². The molecule has 0 aliphatic heterocycles. The van der Waals surface area contributed by atoms with E-state index in [0.29, 0.717) is 0 Å². The number of pyridine rings is 2. The van der Waals surface area contributed by atoms with Gasteiger partial charge in [-0.2, -0.15) is 0 Å². The molecule has 2 aromatic heterocycles. The fourth-order valence-electron chi connectivity index (χ4n) is 5.68. The second-order valence-electron chi connectivity index (χ2n) is 9.46. The van der Waals surface area contributed by atoms with Gasteiger partial charge < -0.3 is 0 Å². The summed E-state index contributed by atoms with van der Waals surface area (Å²) in [5, 5.41) is 0. The van der Waals surface area contributed by atoms with Crippen LogP contribution in [-0.4, -0.2) is 9.97 Å². The molecule has 0 radical (unpaired) electrons.